The van der Waals surface area contributed by atoms with Gasteiger partial charge in [-0.25, -0.2) is 0 Å². The van der Waals surface area contributed by atoms with Crippen LogP contribution in [0.4, 0.5) is 0 Å². The van der Waals surface area contributed by atoms with Crippen molar-refractivity contribution in [2.24, 2.45) is 0 Å². The Labute approximate surface area is 130 Å². The van der Waals surface area contributed by atoms with Crippen LogP contribution in [-0.4, -0.2) is 7.05 Å². The van der Waals surface area contributed by atoms with Crippen molar-refractivity contribution in [2.45, 2.75) is 12.5 Å². The van der Waals surface area contributed by atoms with Crippen LogP contribution in [0.15, 0.2) is 66.7 Å². The fraction of sp³-hybridized carbons (Fsp3) is 0.158. The van der Waals surface area contributed by atoms with E-state index in [0.717, 1.165) is 11.4 Å². The number of benzene rings is 3. The molecule has 1 atom stereocenters. The Morgan fingerprint density at radius 1 is 0.952 bits per heavy atom. The highest BCUT2D eigenvalue weighted by molar-refractivity contribution is 6.30. The van der Waals surface area contributed by atoms with E-state index in [-0.39, 0.29) is 6.04 Å². The summed E-state index contributed by atoms with van der Waals surface area (Å²) in [5.74, 6) is 0. The molecule has 0 bridgehead atoms. The Morgan fingerprint density at radius 3 is 2.52 bits per heavy atom. The highest BCUT2D eigenvalue weighted by atomic mass is 35.5. The van der Waals surface area contributed by atoms with E-state index in [9.17, 15) is 0 Å². The first-order valence-electron chi connectivity index (χ1n) is 7.17. The number of hydrogen-bond acceptors (Lipinski definition) is 1. The first kappa shape index (κ1) is 14.1. The molecule has 0 saturated heterocycles. The molecule has 1 nitrogen and oxygen atoms in total. The van der Waals surface area contributed by atoms with Gasteiger partial charge in [0.1, 0.15) is 0 Å². The molecule has 2 heteroatoms. The van der Waals surface area contributed by atoms with Gasteiger partial charge in [0.2, 0.25) is 0 Å². The smallest absolute Gasteiger partial charge is 0.0408 e. The summed E-state index contributed by atoms with van der Waals surface area (Å²) < 4.78 is 0. The van der Waals surface area contributed by atoms with Crippen LogP contribution in [0.1, 0.15) is 17.2 Å². The van der Waals surface area contributed by atoms with Crippen LogP contribution in [0.25, 0.3) is 10.8 Å². The second-order valence-electron chi connectivity index (χ2n) is 5.24. The van der Waals surface area contributed by atoms with E-state index in [0.29, 0.717) is 0 Å². The monoisotopic (exact) mass is 295 g/mol. The minimum atomic E-state index is 0.273. The molecule has 1 unspecified atom stereocenters. The minimum absolute atomic E-state index is 0.273. The van der Waals surface area contributed by atoms with Gasteiger partial charge in [0.25, 0.3) is 0 Å². The van der Waals surface area contributed by atoms with Crippen molar-refractivity contribution in [3.05, 3.63) is 82.9 Å². The van der Waals surface area contributed by atoms with Crippen molar-refractivity contribution in [1.29, 1.82) is 0 Å². The van der Waals surface area contributed by atoms with Gasteiger partial charge in [0, 0.05) is 11.1 Å². The molecule has 1 N–H and O–H groups in total. The third-order valence-electron chi connectivity index (χ3n) is 3.88. The fourth-order valence-corrected chi connectivity index (χ4v) is 3.03. The predicted octanol–water partition coefficient (Wildman–Crippen LogP) is 5.00. The molecule has 21 heavy (non-hydrogen) atoms. The lowest BCUT2D eigenvalue weighted by Gasteiger charge is -2.19. The summed E-state index contributed by atoms with van der Waals surface area (Å²) in [5.41, 5.74) is 2.57. The molecule has 0 aliphatic rings. The normalized spacial score (nSPS) is 12.5. The Hall–Kier alpha value is -1.83. The Balaban J connectivity index is 1.98. The fourth-order valence-electron chi connectivity index (χ4n) is 2.82. The average Bonchev–Trinajstić information content (AvgIpc) is 2.52. The quantitative estimate of drug-likeness (QED) is 0.714. The summed E-state index contributed by atoms with van der Waals surface area (Å²) in [6.45, 7) is 0. The summed E-state index contributed by atoms with van der Waals surface area (Å²) in [6, 6.07) is 23.4. The zero-order valence-electron chi connectivity index (χ0n) is 12.0. The lowest BCUT2D eigenvalue weighted by atomic mass is 9.94. The number of rotatable bonds is 4. The Kier molecular flexibility index (Phi) is 4.23. The van der Waals surface area contributed by atoms with E-state index in [2.05, 4.69) is 53.8 Å². The van der Waals surface area contributed by atoms with Gasteiger partial charge in [-0.3, -0.25) is 0 Å². The molecule has 3 rings (SSSR count). The van der Waals surface area contributed by atoms with Crippen molar-refractivity contribution in [3.8, 4) is 0 Å². The predicted molar refractivity (Wildman–Crippen MR) is 90.9 cm³/mol. The van der Waals surface area contributed by atoms with Gasteiger partial charge in [-0.1, -0.05) is 66.2 Å². The molecule has 0 aliphatic carbocycles. The van der Waals surface area contributed by atoms with Gasteiger partial charge in [-0.15, -0.1) is 0 Å². The van der Waals surface area contributed by atoms with Gasteiger partial charge in [-0.05, 0) is 47.5 Å². The third-order valence-corrected chi connectivity index (χ3v) is 4.11. The molecule has 0 heterocycles. The minimum Gasteiger partial charge on any atom is -0.313 e. The largest absolute Gasteiger partial charge is 0.313 e. The van der Waals surface area contributed by atoms with Crippen molar-refractivity contribution < 1.29 is 0 Å². The van der Waals surface area contributed by atoms with Crippen molar-refractivity contribution in [3.63, 3.8) is 0 Å². The van der Waals surface area contributed by atoms with E-state index < -0.39 is 0 Å². The molecule has 106 valence electrons. The summed E-state index contributed by atoms with van der Waals surface area (Å²) in [5, 5.41) is 6.81. The maximum atomic E-state index is 6.09. The number of hydrogen-bond donors (Lipinski definition) is 1. The summed E-state index contributed by atoms with van der Waals surface area (Å²) in [6.07, 6.45) is 0.922. The second kappa shape index (κ2) is 6.30. The van der Waals surface area contributed by atoms with E-state index in [1.54, 1.807) is 0 Å². The molecule has 0 fully saturated rings. The maximum Gasteiger partial charge on any atom is 0.0408 e. The molecule has 0 aromatic heterocycles. The zero-order valence-corrected chi connectivity index (χ0v) is 12.8. The Morgan fingerprint density at radius 2 is 1.71 bits per heavy atom. The van der Waals surface area contributed by atoms with E-state index in [4.69, 9.17) is 11.6 Å². The lowest BCUT2D eigenvalue weighted by Crippen LogP contribution is -2.19. The van der Waals surface area contributed by atoms with E-state index >= 15 is 0 Å². The highest BCUT2D eigenvalue weighted by Gasteiger charge is 2.13. The number of nitrogens with one attached hydrogen (secondary N) is 1. The Bertz CT molecular complexity index is 746. The van der Waals surface area contributed by atoms with Crippen LogP contribution in [0, 0.1) is 0 Å². The molecule has 0 saturated carbocycles. The topological polar surface area (TPSA) is 12.0 Å². The van der Waals surface area contributed by atoms with Crippen molar-refractivity contribution in [1.82, 2.24) is 5.32 Å². The first-order valence-corrected chi connectivity index (χ1v) is 7.55. The molecule has 3 aromatic rings. The van der Waals surface area contributed by atoms with Gasteiger partial charge in [-0.2, -0.15) is 0 Å². The maximum absolute atomic E-state index is 6.09. The molecular weight excluding hydrogens is 278 g/mol. The number of likely N-dealkylation sites (N-methyl/N-ethyl adjacent to an activating group) is 1. The molecule has 3 aromatic carbocycles. The average molecular weight is 296 g/mol. The van der Waals surface area contributed by atoms with Crippen LogP contribution >= 0.6 is 11.6 Å². The number of halogens is 1. The molecular formula is C19H18ClN. The lowest BCUT2D eigenvalue weighted by molar-refractivity contribution is 0.596. The summed E-state index contributed by atoms with van der Waals surface area (Å²) >= 11 is 6.09. The standard InChI is InChI=1S/C19H18ClN/c1-21-19(13-14-6-4-9-16(20)12-14)18-11-5-8-15-7-2-3-10-17(15)18/h2-12,19,21H,13H2,1H3. The van der Waals surface area contributed by atoms with Crippen molar-refractivity contribution in [2.75, 3.05) is 7.05 Å². The van der Waals surface area contributed by atoms with Gasteiger partial charge < -0.3 is 5.32 Å². The van der Waals surface area contributed by atoms with Gasteiger partial charge in [0.05, 0.1) is 0 Å². The van der Waals surface area contributed by atoms with E-state index in [1.165, 1.54) is 21.9 Å². The molecule has 0 aliphatic heterocycles. The van der Waals surface area contributed by atoms with Gasteiger partial charge in [0.15, 0.2) is 0 Å². The van der Waals surface area contributed by atoms with E-state index in [1.807, 2.05) is 25.2 Å². The first-order chi connectivity index (χ1) is 10.3. The number of fused-ring (bicyclic) bond motifs is 1. The summed E-state index contributed by atoms with van der Waals surface area (Å²) in [7, 11) is 2.01. The highest BCUT2D eigenvalue weighted by Crippen LogP contribution is 2.27. The SMILES string of the molecule is CNC(Cc1cccc(Cl)c1)c1cccc2ccccc12. The van der Waals surface area contributed by atoms with Crippen LogP contribution in [0.3, 0.4) is 0 Å². The second-order valence-corrected chi connectivity index (χ2v) is 5.68. The molecule has 0 spiro atoms. The van der Waals surface area contributed by atoms with Gasteiger partial charge >= 0.3 is 0 Å². The summed E-state index contributed by atoms with van der Waals surface area (Å²) in [4.78, 5) is 0. The molecule has 0 amide bonds. The van der Waals surface area contributed by atoms with Crippen LogP contribution in [0.5, 0.6) is 0 Å². The van der Waals surface area contributed by atoms with Crippen LogP contribution in [0.2, 0.25) is 5.02 Å². The van der Waals surface area contributed by atoms with Crippen molar-refractivity contribution >= 4 is 22.4 Å². The molecule has 0 radical (unpaired) electrons. The third kappa shape index (κ3) is 3.10. The zero-order chi connectivity index (χ0) is 14.7. The van der Waals surface area contributed by atoms with Crippen LogP contribution < -0.4 is 5.32 Å². The van der Waals surface area contributed by atoms with Crippen LogP contribution in [-0.2, 0) is 6.42 Å².